The fourth-order valence-corrected chi connectivity index (χ4v) is 4.15. The van der Waals surface area contributed by atoms with Gasteiger partial charge in [-0.1, -0.05) is 96.1 Å². The van der Waals surface area contributed by atoms with Crippen LogP contribution in [0.1, 0.15) is 110 Å². The van der Waals surface area contributed by atoms with Crippen molar-refractivity contribution in [3.63, 3.8) is 0 Å². The lowest BCUT2D eigenvalue weighted by Crippen LogP contribution is -2.42. The molecule has 0 aromatic heterocycles. The van der Waals surface area contributed by atoms with E-state index in [1.54, 1.807) is 0 Å². The van der Waals surface area contributed by atoms with Gasteiger partial charge < -0.3 is 24.8 Å². The maximum atomic E-state index is 9.85. The Labute approximate surface area is 191 Å². The molecule has 0 aromatic rings. The van der Waals surface area contributed by atoms with E-state index < -0.39 is 24.4 Å². The van der Waals surface area contributed by atoms with Crippen molar-refractivity contribution < 1.29 is 24.8 Å². The van der Waals surface area contributed by atoms with Crippen LogP contribution in [-0.2, 0) is 9.47 Å². The highest BCUT2D eigenvalue weighted by Crippen LogP contribution is 2.20. The normalized spacial score (nSPS) is 22.5. The molecule has 1 saturated heterocycles. The second kappa shape index (κ2) is 20.2. The lowest BCUT2D eigenvalue weighted by Gasteiger charge is -2.24. The van der Waals surface area contributed by atoms with Crippen molar-refractivity contribution in [1.82, 2.24) is 0 Å². The number of allylic oxidation sites excluding steroid dienone is 2. The van der Waals surface area contributed by atoms with Crippen molar-refractivity contribution in [2.75, 3.05) is 19.8 Å². The summed E-state index contributed by atoms with van der Waals surface area (Å²) in [7, 11) is 0. The third-order valence-corrected chi connectivity index (χ3v) is 6.21. The van der Waals surface area contributed by atoms with Crippen LogP contribution in [0.5, 0.6) is 0 Å². The van der Waals surface area contributed by atoms with E-state index in [-0.39, 0.29) is 13.2 Å². The molecular formula is C26H50O5. The number of aliphatic hydroxyl groups excluding tert-OH is 3. The van der Waals surface area contributed by atoms with Crippen LogP contribution in [0, 0.1) is 0 Å². The van der Waals surface area contributed by atoms with Crippen LogP contribution in [-0.4, -0.2) is 59.6 Å². The van der Waals surface area contributed by atoms with Crippen molar-refractivity contribution >= 4 is 0 Å². The average molecular weight is 443 g/mol. The molecule has 5 heteroatoms. The Hall–Kier alpha value is -0.460. The summed E-state index contributed by atoms with van der Waals surface area (Å²) >= 11 is 0. The van der Waals surface area contributed by atoms with Crippen LogP contribution in [0.3, 0.4) is 0 Å². The van der Waals surface area contributed by atoms with Gasteiger partial charge in [0.2, 0.25) is 0 Å². The Morgan fingerprint density at radius 1 is 0.806 bits per heavy atom. The Balaban J connectivity index is 1.80. The first-order valence-electron chi connectivity index (χ1n) is 13.1. The molecule has 184 valence electrons. The summed E-state index contributed by atoms with van der Waals surface area (Å²) < 4.78 is 11.0. The Morgan fingerprint density at radius 3 is 1.81 bits per heavy atom. The first-order chi connectivity index (χ1) is 15.2. The highest BCUT2D eigenvalue weighted by Gasteiger charge is 2.40. The molecule has 0 radical (unpaired) electrons. The van der Waals surface area contributed by atoms with Gasteiger partial charge in [-0.15, -0.1) is 0 Å². The number of unbranched alkanes of at least 4 members (excludes halogenated alkanes) is 14. The maximum absolute atomic E-state index is 9.85. The summed E-state index contributed by atoms with van der Waals surface area (Å²) in [5.41, 5.74) is 0. The Bertz CT molecular complexity index is 415. The van der Waals surface area contributed by atoms with E-state index in [4.69, 9.17) is 9.47 Å². The van der Waals surface area contributed by atoms with E-state index >= 15 is 0 Å². The minimum Gasteiger partial charge on any atom is -0.394 e. The molecule has 0 saturated carbocycles. The van der Waals surface area contributed by atoms with E-state index in [1.165, 1.54) is 89.9 Å². The van der Waals surface area contributed by atoms with Gasteiger partial charge >= 0.3 is 0 Å². The highest BCUT2D eigenvalue weighted by molar-refractivity contribution is 4.88. The van der Waals surface area contributed by atoms with Gasteiger partial charge in [0.1, 0.15) is 24.4 Å². The summed E-state index contributed by atoms with van der Waals surface area (Å²) in [6, 6.07) is 0. The van der Waals surface area contributed by atoms with E-state index in [1.807, 2.05) is 0 Å². The summed E-state index contributed by atoms with van der Waals surface area (Å²) in [6.45, 7) is 2.68. The van der Waals surface area contributed by atoms with E-state index in [9.17, 15) is 15.3 Å². The molecule has 1 aliphatic rings. The Kier molecular flexibility index (Phi) is 18.6. The van der Waals surface area contributed by atoms with Gasteiger partial charge in [-0.05, 0) is 25.7 Å². The lowest BCUT2D eigenvalue weighted by atomic mass is 10.0. The first kappa shape index (κ1) is 28.6. The monoisotopic (exact) mass is 442 g/mol. The van der Waals surface area contributed by atoms with Crippen LogP contribution >= 0.6 is 0 Å². The van der Waals surface area contributed by atoms with Gasteiger partial charge in [-0.2, -0.15) is 0 Å². The SMILES string of the molecule is CCC/C=C/CCCCCCCCCCCCCCCO[C@@H](CO)[C@H]1OC[C@@H](O)[C@H]1O. The number of hydrogen-bond acceptors (Lipinski definition) is 5. The van der Waals surface area contributed by atoms with Crippen LogP contribution in [0.2, 0.25) is 0 Å². The highest BCUT2D eigenvalue weighted by atomic mass is 16.6. The summed E-state index contributed by atoms with van der Waals surface area (Å²) in [5, 5.41) is 28.8. The van der Waals surface area contributed by atoms with Crippen LogP contribution in [0.25, 0.3) is 0 Å². The van der Waals surface area contributed by atoms with Gasteiger partial charge in [0, 0.05) is 6.61 Å². The van der Waals surface area contributed by atoms with E-state index in [0.29, 0.717) is 6.61 Å². The first-order valence-corrected chi connectivity index (χ1v) is 13.1. The predicted molar refractivity (Wildman–Crippen MR) is 127 cm³/mol. The molecule has 5 nitrogen and oxygen atoms in total. The molecule has 0 spiro atoms. The van der Waals surface area contributed by atoms with Crippen molar-refractivity contribution in [1.29, 1.82) is 0 Å². The van der Waals surface area contributed by atoms with Crippen molar-refractivity contribution in [3.8, 4) is 0 Å². The van der Waals surface area contributed by atoms with Crippen LogP contribution in [0.4, 0.5) is 0 Å². The molecule has 31 heavy (non-hydrogen) atoms. The van der Waals surface area contributed by atoms with Gasteiger partial charge in [-0.3, -0.25) is 0 Å². The maximum Gasteiger partial charge on any atom is 0.114 e. The minimum absolute atomic E-state index is 0.0999. The summed E-state index contributed by atoms with van der Waals surface area (Å²) in [6.07, 6.45) is 22.3. The van der Waals surface area contributed by atoms with E-state index in [0.717, 1.165) is 12.8 Å². The molecular weight excluding hydrogens is 392 g/mol. The zero-order chi connectivity index (χ0) is 22.6. The number of hydrogen-bond donors (Lipinski definition) is 3. The quantitative estimate of drug-likeness (QED) is 0.166. The van der Waals surface area contributed by atoms with Crippen molar-refractivity contribution in [2.24, 2.45) is 0 Å². The smallest absolute Gasteiger partial charge is 0.114 e. The minimum atomic E-state index is -0.977. The topological polar surface area (TPSA) is 79.2 Å². The van der Waals surface area contributed by atoms with Gasteiger partial charge in [0.15, 0.2) is 0 Å². The molecule has 1 aliphatic heterocycles. The number of rotatable bonds is 21. The molecule has 1 fully saturated rings. The molecule has 1 rings (SSSR count). The predicted octanol–water partition coefficient (Wildman–Crippen LogP) is 5.30. The third kappa shape index (κ3) is 14.3. The largest absolute Gasteiger partial charge is 0.394 e. The van der Waals surface area contributed by atoms with Gasteiger partial charge in [-0.25, -0.2) is 0 Å². The van der Waals surface area contributed by atoms with Gasteiger partial charge in [0.05, 0.1) is 13.2 Å². The summed E-state index contributed by atoms with van der Waals surface area (Å²) in [4.78, 5) is 0. The summed E-state index contributed by atoms with van der Waals surface area (Å²) in [5.74, 6) is 0. The zero-order valence-electron chi connectivity index (χ0n) is 20.1. The fourth-order valence-electron chi connectivity index (χ4n) is 4.15. The number of aliphatic hydroxyl groups is 3. The fraction of sp³-hybridized carbons (Fsp3) is 0.923. The molecule has 0 aromatic carbocycles. The van der Waals surface area contributed by atoms with Gasteiger partial charge in [0.25, 0.3) is 0 Å². The molecule has 0 aliphatic carbocycles. The molecule has 0 unspecified atom stereocenters. The Morgan fingerprint density at radius 2 is 1.32 bits per heavy atom. The number of ether oxygens (including phenoxy) is 2. The second-order valence-corrected chi connectivity index (χ2v) is 9.09. The second-order valence-electron chi connectivity index (χ2n) is 9.09. The standard InChI is InChI=1S/C26H50O5/c1-2-3-4-5-6-7-8-9-10-11-12-13-14-15-16-17-18-19-20-30-24(21-27)26-25(29)23(28)22-31-26/h4-5,23-29H,2-3,6-22H2,1H3/b5-4+/t23-,24+,25-,26-/m1/s1. The zero-order valence-corrected chi connectivity index (χ0v) is 20.1. The molecule has 1 heterocycles. The molecule has 0 amide bonds. The molecule has 0 bridgehead atoms. The lowest BCUT2D eigenvalue weighted by molar-refractivity contribution is -0.101. The van der Waals surface area contributed by atoms with E-state index in [2.05, 4.69) is 19.1 Å². The van der Waals surface area contributed by atoms with Crippen molar-refractivity contribution in [2.45, 2.75) is 134 Å². The molecule has 4 atom stereocenters. The van der Waals surface area contributed by atoms with Crippen LogP contribution < -0.4 is 0 Å². The van der Waals surface area contributed by atoms with Crippen molar-refractivity contribution in [3.05, 3.63) is 12.2 Å². The average Bonchev–Trinajstić information content (AvgIpc) is 3.11. The third-order valence-electron chi connectivity index (χ3n) is 6.21. The molecule has 3 N–H and O–H groups in total. The van der Waals surface area contributed by atoms with Crippen LogP contribution in [0.15, 0.2) is 12.2 Å².